The lowest BCUT2D eigenvalue weighted by molar-refractivity contribution is -0.141. The van der Waals surface area contributed by atoms with Gasteiger partial charge in [-0.15, -0.1) is 0 Å². The molecule has 1 heterocycles. The van der Waals surface area contributed by atoms with E-state index in [1.165, 1.54) is 4.90 Å². The van der Waals surface area contributed by atoms with E-state index in [9.17, 15) is 9.59 Å². The topological polar surface area (TPSA) is 96.5 Å². The van der Waals surface area contributed by atoms with Crippen LogP contribution < -0.4 is 5.73 Å². The molecule has 0 saturated heterocycles. The number of carboxylic acids is 1. The van der Waals surface area contributed by atoms with Crippen molar-refractivity contribution < 1.29 is 14.7 Å². The largest absolute Gasteiger partial charge is 0.481 e. The van der Waals surface area contributed by atoms with Crippen LogP contribution in [-0.2, 0) is 16.0 Å². The smallest absolute Gasteiger partial charge is 0.305 e. The summed E-state index contributed by atoms with van der Waals surface area (Å²) in [6, 6.07) is 4.58. The highest BCUT2D eigenvalue weighted by molar-refractivity contribution is 5.85. The van der Waals surface area contributed by atoms with Crippen molar-refractivity contribution in [3.8, 4) is 0 Å². The Labute approximate surface area is 105 Å². The molecule has 0 spiro atoms. The van der Waals surface area contributed by atoms with Crippen molar-refractivity contribution in [2.24, 2.45) is 5.73 Å². The van der Waals surface area contributed by atoms with Crippen LogP contribution >= 0.6 is 0 Å². The molecule has 0 bridgehead atoms. The predicted molar refractivity (Wildman–Crippen MR) is 65.8 cm³/mol. The molecule has 1 atom stereocenters. The molecule has 0 fully saturated rings. The Balaban J connectivity index is 2.43. The zero-order valence-corrected chi connectivity index (χ0v) is 10.2. The van der Waals surface area contributed by atoms with Crippen LogP contribution in [0.4, 0.5) is 0 Å². The Kier molecular flexibility index (Phi) is 5.26. The minimum Gasteiger partial charge on any atom is -0.481 e. The molecule has 0 aliphatic heterocycles. The van der Waals surface area contributed by atoms with Gasteiger partial charge in [-0.05, 0) is 12.1 Å². The number of pyridine rings is 1. The third-order valence-corrected chi connectivity index (χ3v) is 2.52. The zero-order valence-electron chi connectivity index (χ0n) is 10.2. The van der Waals surface area contributed by atoms with Crippen molar-refractivity contribution >= 4 is 11.9 Å². The average Bonchev–Trinajstić information content (AvgIpc) is 2.35. The van der Waals surface area contributed by atoms with Gasteiger partial charge in [0, 0.05) is 31.9 Å². The van der Waals surface area contributed by atoms with Gasteiger partial charge in [-0.1, -0.05) is 6.07 Å². The Morgan fingerprint density at radius 1 is 1.50 bits per heavy atom. The molecule has 0 aliphatic rings. The fourth-order valence-electron chi connectivity index (χ4n) is 1.50. The van der Waals surface area contributed by atoms with E-state index < -0.39 is 12.0 Å². The molecule has 0 aromatic carbocycles. The molecule has 1 aromatic heterocycles. The normalized spacial score (nSPS) is 11.9. The number of nitrogens with two attached hydrogens (primary N) is 1. The van der Waals surface area contributed by atoms with Gasteiger partial charge in [-0.3, -0.25) is 14.6 Å². The first-order chi connectivity index (χ1) is 8.50. The zero-order chi connectivity index (χ0) is 13.5. The standard InChI is InChI=1S/C12H17N3O3/c1-15(12(18)10(13)8-11(16)17)7-5-9-4-2-3-6-14-9/h2-4,6,10H,5,7-8,13H2,1H3,(H,16,17). The van der Waals surface area contributed by atoms with Crippen LogP contribution in [0.5, 0.6) is 0 Å². The summed E-state index contributed by atoms with van der Waals surface area (Å²) < 4.78 is 0. The van der Waals surface area contributed by atoms with Gasteiger partial charge >= 0.3 is 5.97 Å². The molecule has 1 rings (SSSR count). The second-order valence-corrected chi connectivity index (χ2v) is 4.04. The first-order valence-electron chi connectivity index (χ1n) is 5.63. The summed E-state index contributed by atoms with van der Waals surface area (Å²) in [4.78, 5) is 27.7. The van der Waals surface area contributed by atoms with Crippen LogP contribution in [0.1, 0.15) is 12.1 Å². The number of carbonyl (C=O) groups is 2. The van der Waals surface area contributed by atoms with E-state index in [0.717, 1.165) is 5.69 Å². The molecule has 1 unspecified atom stereocenters. The molecule has 0 saturated carbocycles. The number of aliphatic carboxylic acids is 1. The van der Waals surface area contributed by atoms with Crippen LogP contribution in [0.2, 0.25) is 0 Å². The predicted octanol–water partition coefficient (Wildman–Crippen LogP) is -0.115. The molecular weight excluding hydrogens is 234 g/mol. The second kappa shape index (κ2) is 6.70. The number of carboxylic acid groups (broad SMARTS) is 1. The van der Waals surface area contributed by atoms with Gasteiger partial charge in [0.05, 0.1) is 12.5 Å². The van der Waals surface area contributed by atoms with E-state index in [1.54, 1.807) is 13.2 Å². The number of hydrogen-bond donors (Lipinski definition) is 2. The first-order valence-corrected chi connectivity index (χ1v) is 5.63. The highest BCUT2D eigenvalue weighted by Gasteiger charge is 2.20. The van der Waals surface area contributed by atoms with E-state index in [0.29, 0.717) is 13.0 Å². The molecule has 18 heavy (non-hydrogen) atoms. The van der Waals surface area contributed by atoms with Gasteiger partial charge in [0.1, 0.15) is 0 Å². The number of aromatic nitrogens is 1. The van der Waals surface area contributed by atoms with Gasteiger partial charge in [0.25, 0.3) is 0 Å². The third kappa shape index (κ3) is 4.50. The number of amides is 1. The molecule has 1 amide bonds. The average molecular weight is 251 g/mol. The van der Waals surface area contributed by atoms with Crippen molar-refractivity contribution in [3.63, 3.8) is 0 Å². The molecule has 6 heteroatoms. The van der Waals surface area contributed by atoms with Crippen LogP contribution in [0.15, 0.2) is 24.4 Å². The van der Waals surface area contributed by atoms with Gasteiger partial charge in [0.15, 0.2) is 0 Å². The minimum absolute atomic E-state index is 0.354. The summed E-state index contributed by atoms with van der Waals surface area (Å²) in [6.07, 6.45) is 1.95. The Hall–Kier alpha value is -1.95. The summed E-state index contributed by atoms with van der Waals surface area (Å²) in [7, 11) is 1.60. The van der Waals surface area contributed by atoms with E-state index in [-0.39, 0.29) is 12.3 Å². The fraction of sp³-hybridized carbons (Fsp3) is 0.417. The number of hydrogen-bond acceptors (Lipinski definition) is 4. The first kappa shape index (κ1) is 14.1. The highest BCUT2D eigenvalue weighted by Crippen LogP contribution is 1.99. The maximum atomic E-state index is 11.7. The highest BCUT2D eigenvalue weighted by atomic mass is 16.4. The van der Waals surface area contributed by atoms with Crippen LogP contribution in [0.3, 0.4) is 0 Å². The summed E-state index contributed by atoms with van der Waals surface area (Å²) in [6.45, 7) is 0.461. The van der Waals surface area contributed by atoms with E-state index in [1.807, 2.05) is 18.2 Å². The Morgan fingerprint density at radius 3 is 2.78 bits per heavy atom. The SMILES string of the molecule is CN(CCc1ccccn1)C(=O)C(N)CC(=O)O. The lowest BCUT2D eigenvalue weighted by Gasteiger charge is -2.20. The maximum Gasteiger partial charge on any atom is 0.305 e. The molecular formula is C12H17N3O3. The van der Waals surface area contributed by atoms with Crippen molar-refractivity contribution in [1.29, 1.82) is 0 Å². The van der Waals surface area contributed by atoms with Crippen molar-refractivity contribution in [1.82, 2.24) is 9.88 Å². The molecule has 0 radical (unpaired) electrons. The van der Waals surface area contributed by atoms with Crippen molar-refractivity contribution in [2.75, 3.05) is 13.6 Å². The maximum absolute atomic E-state index is 11.7. The quantitative estimate of drug-likeness (QED) is 0.735. The molecule has 0 aliphatic carbocycles. The van der Waals surface area contributed by atoms with E-state index in [2.05, 4.69) is 4.98 Å². The van der Waals surface area contributed by atoms with Crippen molar-refractivity contribution in [3.05, 3.63) is 30.1 Å². The fourth-order valence-corrected chi connectivity index (χ4v) is 1.50. The van der Waals surface area contributed by atoms with Crippen LogP contribution in [0, 0.1) is 0 Å². The van der Waals surface area contributed by atoms with Gasteiger partial charge in [-0.2, -0.15) is 0 Å². The summed E-state index contributed by atoms with van der Waals surface area (Å²) in [5.41, 5.74) is 6.38. The van der Waals surface area contributed by atoms with Gasteiger partial charge in [-0.25, -0.2) is 0 Å². The number of nitrogens with zero attached hydrogens (tertiary/aromatic N) is 2. The molecule has 6 nitrogen and oxygen atoms in total. The number of carbonyl (C=O) groups excluding carboxylic acids is 1. The van der Waals surface area contributed by atoms with Crippen molar-refractivity contribution in [2.45, 2.75) is 18.9 Å². The summed E-state index contributed by atoms with van der Waals surface area (Å²) in [5, 5.41) is 8.56. The molecule has 3 N–H and O–H groups in total. The minimum atomic E-state index is -1.08. The van der Waals surface area contributed by atoms with Gasteiger partial charge in [0.2, 0.25) is 5.91 Å². The summed E-state index contributed by atoms with van der Waals surface area (Å²) in [5.74, 6) is -1.44. The molecule has 98 valence electrons. The van der Waals surface area contributed by atoms with E-state index in [4.69, 9.17) is 10.8 Å². The third-order valence-electron chi connectivity index (χ3n) is 2.52. The van der Waals surface area contributed by atoms with Crippen LogP contribution in [0.25, 0.3) is 0 Å². The molecule has 1 aromatic rings. The van der Waals surface area contributed by atoms with Crippen LogP contribution in [-0.4, -0.2) is 46.5 Å². The number of rotatable bonds is 6. The lowest BCUT2D eigenvalue weighted by atomic mass is 10.2. The second-order valence-electron chi connectivity index (χ2n) is 4.04. The monoisotopic (exact) mass is 251 g/mol. The van der Waals surface area contributed by atoms with E-state index >= 15 is 0 Å². The number of likely N-dealkylation sites (N-methyl/N-ethyl adjacent to an activating group) is 1. The Bertz CT molecular complexity index is 408. The van der Waals surface area contributed by atoms with Gasteiger partial charge < -0.3 is 15.7 Å². The lowest BCUT2D eigenvalue weighted by Crippen LogP contribution is -2.43. The Morgan fingerprint density at radius 2 is 2.22 bits per heavy atom. The summed E-state index contributed by atoms with van der Waals surface area (Å²) >= 11 is 0.